The van der Waals surface area contributed by atoms with Crippen LogP contribution in [-0.2, 0) is 22.7 Å². The molecule has 2 amide bonds. The van der Waals surface area contributed by atoms with Gasteiger partial charge in [0.2, 0.25) is 0 Å². The van der Waals surface area contributed by atoms with Gasteiger partial charge in [-0.2, -0.15) is 0 Å². The SMILES string of the molecule is NCCCCCCN(C(=O)OCc1ccc([N+](=O)[O-])cc1)C(=O)OCc1ccc([N+](=O)[O-])cc1. The van der Waals surface area contributed by atoms with E-state index in [-0.39, 0.29) is 31.1 Å². The molecule has 182 valence electrons. The van der Waals surface area contributed by atoms with Crippen molar-refractivity contribution in [3.8, 4) is 0 Å². The smallest absolute Gasteiger partial charge is 0.419 e. The fraction of sp³-hybridized carbons (Fsp3) is 0.364. The van der Waals surface area contributed by atoms with Gasteiger partial charge in [0, 0.05) is 30.8 Å². The number of nitrogens with two attached hydrogens (primary N) is 1. The van der Waals surface area contributed by atoms with Crippen molar-refractivity contribution < 1.29 is 28.9 Å². The molecule has 2 rings (SSSR count). The van der Waals surface area contributed by atoms with E-state index in [9.17, 15) is 29.8 Å². The maximum absolute atomic E-state index is 12.6. The minimum absolute atomic E-state index is 0.0722. The van der Waals surface area contributed by atoms with Gasteiger partial charge in [-0.05, 0) is 54.8 Å². The van der Waals surface area contributed by atoms with Crippen LogP contribution in [0, 0.1) is 20.2 Å². The van der Waals surface area contributed by atoms with E-state index < -0.39 is 22.0 Å². The van der Waals surface area contributed by atoms with Crippen LogP contribution in [0.2, 0.25) is 0 Å². The van der Waals surface area contributed by atoms with E-state index >= 15 is 0 Å². The predicted octanol–water partition coefficient (Wildman–Crippen LogP) is 4.30. The maximum Gasteiger partial charge on any atom is 0.419 e. The van der Waals surface area contributed by atoms with Crippen LogP contribution in [0.1, 0.15) is 36.8 Å². The Kier molecular flexibility index (Phi) is 10.4. The highest BCUT2D eigenvalue weighted by molar-refractivity contribution is 5.87. The van der Waals surface area contributed by atoms with Crippen LogP contribution in [0.4, 0.5) is 21.0 Å². The van der Waals surface area contributed by atoms with Gasteiger partial charge in [-0.15, -0.1) is 0 Å². The molecule has 0 aliphatic carbocycles. The summed E-state index contributed by atoms with van der Waals surface area (Å²) in [4.78, 5) is 46.4. The first kappa shape index (κ1) is 26.2. The zero-order valence-corrected chi connectivity index (χ0v) is 18.5. The van der Waals surface area contributed by atoms with Gasteiger partial charge in [0.15, 0.2) is 0 Å². The quantitative estimate of drug-likeness (QED) is 0.268. The summed E-state index contributed by atoms with van der Waals surface area (Å²) in [6.07, 6.45) is 1.13. The van der Waals surface area contributed by atoms with Gasteiger partial charge in [-0.25, -0.2) is 14.5 Å². The van der Waals surface area contributed by atoms with Crippen LogP contribution in [0.25, 0.3) is 0 Å². The Bertz CT molecular complexity index is 906. The summed E-state index contributed by atoms with van der Waals surface area (Å²) in [5.74, 6) is 0. The first-order valence-electron chi connectivity index (χ1n) is 10.6. The summed E-state index contributed by atoms with van der Waals surface area (Å²) in [5.41, 5.74) is 6.32. The Hall–Kier alpha value is -4.06. The van der Waals surface area contributed by atoms with E-state index in [2.05, 4.69) is 0 Å². The molecule has 0 aromatic heterocycles. The molecule has 12 heteroatoms. The molecule has 0 heterocycles. The Morgan fingerprint density at radius 3 is 1.53 bits per heavy atom. The van der Waals surface area contributed by atoms with E-state index in [0.717, 1.165) is 24.2 Å². The summed E-state index contributed by atoms with van der Waals surface area (Å²) < 4.78 is 10.4. The fourth-order valence-corrected chi connectivity index (χ4v) is 2.90. The van der Waals surface area contributed by atoms with Crippen LogP contribution >= 0.6 is 0 Å². The van der Waals surface area contributed by atoms with Crippen molar-refractivity contribution >= 4 is 23.6 Å². The highest BCUT2D eigenvalue weighted by Crippen LogP contribution is 2.15. The third-order valence-corrected chi connectivity index (χ3v) is 4.80. The number of unbranched alkanes of at least 4 members (excludes halogenated alkanes) is 3. The summed E-state index contributed by atoms with van der Waals surface area (Å²) in [6.45, 7) is 0.257. The molecule has 0 aliphatic heterocycles. The second kappa shape index (κ2) is 13.5. The highest BCUT2D eigenvalue weighted by Gasteiger charge is 2.24. The summed E-state index contributed by atoms with van der Waals surface area (Å²) in [6, 6.07) is 11.0. The van der Waals surface area contributed by atoms with Gasteiger partial charge in [-0.1, -0.05) is 12.8 Å². The van der Waals surface area contributed by atoms with Crippen molar-refractivity contribution in [1.82, 2.24) is 4.90 Å². The lowest BCUT2D eigenvalue weighted by Gasteiger charge is -2.20. The number of carbonyl (C=O) groups is 2. The van der Waals surface area contributed by atoms with Crippen molar-refractivity contribution in [3.63, 3.8) is 0 Å². The second-order valence-electron chi connectivity index (χ2n) is 7.31. The summed E-state index contributed by atoms with van der Waals surface area (Å²) >= 11 is 0. The van der Waals surface area contributed by atoms with Crippen molar-refractivity contribution in [2.24, 2.45) is 5.73 Å². The average Bonchev–Trinajstić information content (AvgIpc) is 2.83. The van der Waals surface area contributed by atoms with Crippen LogP contribution in [-0.4, -0.2) is 40.0 Å². The lowest BCUT2D eigenvalue weighted by Crippen LogP contribution is -2.38. The number of hydrogen-bond donors (Lipinski definition) is 1. The molecule has 0 spiro atoms. The fourth-order valence-electron chi connectivity index (χ4n) is 2.90. The van der Waals surface area contributed by atoms with Gasteiger partial charge >= 0.3 is 12.2 Å². The minimum Gasteiger partial charge on any atom is -0.444 e. The number of hydrogen-bond acceptors (Lipinski definition) is 9. The van der Waals surface area contributed by atoms with E-state index in [1.807, 2.05) is 0 Å². The first-order valence-corrected chi connectivity index (χ1v) is 10.6. The first-order chi connectivity index (χ1) is 16.3. The van der Waals surface area contributed by atoms with Gasteiger partial charge < -0.3 is 15.2 Å². The van der Waals surface area contributed by atoms with E-state index in [4.69, 9.17) is 15.2 Å². The normalized spacial score (nSPS) is 10.4. The van der Waals surface area contributed by atoms with Crippen LogP contribution in [0.3, 0.4) is 0 Å². The van der Waals surface area contributed by atoms with E-state index in [1.54, 1.807) is 0 Å². The molecule has 0 saturated heterocycles. The molecule has 0 atom stereocenters. The number of non-ortho nitro benzene ring substituents is 2. The molecule has 0 aliphatic rings. The third-order valence-electron chi connectivity index (χ3n) is 4.80. The lowest BCUT2D eigenvalue weighted by atomic mass is 10.2. The molecule has 0 bridgehead atoms. The number of ether oxygens (including phenoxy) is 2. The molecule has 34 heavy (non-hydrogen) atoms. The maximum atomic E-state index is 12.6. The Morgan fingerprint density at radius 1 is 0.735 bits per heavy atom. The standard InChI is InChI=1S/C22H26N4O8/c23-13-3-1-2-4-14-24(21(27)33-15-17-5-9-19(10-6-17)25(29)30)22(28)34-16-18-7-11-20(12-8-18)26(31)32/h5-12H,1-4,13-16,23H2. The summed E-state index contributed by atoms with van der Waals surface area (Å²) in [5, 5.41) is 21.5. The van der Waals surface area contributed by atoms with Crippen molar-refractivity contribution in [3.05, 3.63) is 79.9 Å². The largest absolute Gasteiger partial charge is 0.444 e. The molecule has 2 aromatic rings. The van der Waals surface area contributed by atoms with Crippen molar-refractivity contribution in [2.45, 2.75) is 38.9 Å². The molecule has 0 saturated carbocycles. The molecular weight excluding hydrogens is 448 g/mol. The second-order valence-corrected chi connectivity index (χ2v) is 7.31. The molecule has 0 fully saturated rings. The van der Waals surface area contributed by atoms with Gasteiger partial charge in [0.1, 0.15) is 13.2 Å². The van der Waals surface area contributed by atoms with Crippen molar-refractivity contribution in [1.29, 1.82) is 0 Å². The molecule has 0 radical (unpaired) electrons. The van der Waals surface area contributed by atoms with Crippen molar-refractivity contribution in [2.75, 3.05) is 13.1 Å². The van der Waals surface area contributed by atoms with Crippen LogP contribution < -0.4 is 5.73 Å². The zero-order valence-electron chi connectivity index (χ0n) is 18.5. The number of rotatable bonds is 12. The molecule has 2 N–H and O–H groups in total. The number of imide groups is 1. The average molecular weight is 474 g/mol. The monoisotopic (exact) mass is 474 g/mol. The molecule has 2 aromatic carbocycles. The number of nitro groups is 2. The zero-order chi connectivity index (χ0) is 24.9. The number of carbonyl (C=O) groups excluding carboxylic acids is 2. The Morgan fingerprint density at radius 2 is 1.15 bits per heavy atom. The predicted molar refractivity (Wildman–Crippen MR) is 121 cm³/mol. The Labute approximate surface area is 195 Å². The van der Waals surface area contributed by atoms with Crippen LogP contribution in [0.5, 0.6) is 0 Å². The number of nitro benzene ring substituents is 2. The highest BCUT2D eigenvalue weighted by atomic mass is 16.6. The Balaban J connectivity index is 1.97. The van der Waals surface area contributed by atoms with Gasteiger partial charge in [0.25, 0.3) is 11.4 Å². The van der Waals surface area contributed by atoms with Gasteiger partial charge in [0.05, 0.1) is 9.85 Å². The van der Waals surface area contributed by atoms with E-state index in [1.165, 1.54) is 48.5 Å². The molecular formula is C22H26N4O8. The summed E-state index contributed by atoms with van der Waals surface area (Å²) in [7, 11) is 0. The molecule has 0 unspecified atom stereocenters. The number of benzene rings is 2. The topological polar surface area (TPSA) is 168 Å². The van der Waals surface area contributed by atoms with Crippen LogP contribution in [0.15, 0.2) is 48.5 Å². The minimum atomic E-state index is -0.911. The van der Waals surface area contributed by atoms with Gasteiger partial charge in [-0.3, -0.25) is 20.2 Å². The number of amides is 2. The molecule has 12 nitrogen and oxygen atoms in total. The van der Waals surface area contributed by atoms with E-state index in [0.29, 0.717) is 24.1 Å². The number of nitrogens with zero attached hydrogens (tertiary/aromatic N) is 3. The lowest BCUT2D eigenvalue weighted by molar-refractivity contribution is -0.385. The third kappa shape index (κ3) is 8.47.